The van der Waals surface area contributed by atoms with Crippen LogP contribution >= 0.6 is 0 Å². The molecule has 10 nitrogen and oxygen atoms in total. The zero-order valence-corrected chi connectivity index (χ0v) is 29.8. The summed E-state index contributed by atoms with van der Waals surface area (Å²) in [5.74, 6) is -1.11. The van der Waals surface area contributed by atoms with Crippen LogP contribution < -0.4 is 34.2 Å². The molecule has 2 unspecified atom stereocenters. The van der Waals surface area contributed by atoms with Crippen LogP contribution in [-0.2, 0) is 35.7 Å². The summed E-state index contributed by atoms with van der Waals surface area (Å²) in [6.07, 6.45) is 2.10. The second-order valence-electron chi connectivity index (χ2n) is 14.2. The second kappa shape index (κ2) is 10.1. The third kappa shape index (κ3) is 4.86. The van der Waals surface area contributed by atoms with Crippen molar-refractivity contribution < 1.29 is 26.7 Å². The van der Waals surface area contributed by atoms with E-state index in [0.717, 1.165) is 39.0 Å². The molecule has 1 N–H and O–H groups in total. The smallest absolute Gasteiger partial charge is 0.232 e. The molecule has 244 valence electrons. The van der Waals surface area contributed by atoms with Crippen LogP contribution in [0, 0.1) is 0 Å². The third-order valence-electron chi connectivity index (χ3n) is 10.5. The van der Waals surface area contributed by atoms with Crippen molar-refractivity contribution >= 4 is 54.0 Å². The molecule has 2 atom stereocenters. The summed E-state index contributed by atoms with van der Waals surface area (Å²) in [7, 11) is -4.18. The van der Waals surface area contributed by atoms with E-state index in [1.807, 2.05) is 7.05 Å². The molecule has 0 spiro atoms. The van der Waals surface area contributed by atoms with Gasteiger partial charge < -0.3 is 10.0 Å². The lowest BCUT2D eigenvalue weighted by Gasteiger charge is -2.33. The molecule has 0 saturated heterocycles. The lowest BCUT2D eigenvalue weighted by atomic mass is 9.76. The number of anilines is 3. The zero-order chi connectivity index (χ0) is 33.9. The van der Waals surface area contributed by atoms with Crippen molar-refractivity contribution in [2.24, 2.45) is 0 Å². The van der Waals surface area contributed by atoms with Crippen molar-refractivity contribution in [3.63, 3.8) is 0 Å². The summed E-state index contributed by atoms with van der Waals surface area (Å²) in [5, 5.41) is 15.3. The Kier molecular flexibility index (Phi) is 7.38. The summed E-state index contributed by atoms with van der Waals surface area (Å²) in [6, 6.07) is 7.27. The Hall–Kier alpha value is -3.38. The molecule has 1 aliphatic carbocycles. The molecule has 0 fully saturated rings. The van der Waals surface area contributed by atoms with Gasteiger partial charge in [-0.15, -0.1) is 0 Å². The number of nitrogens with one attached hydrogen (secondary N) is 1. The van der Waals surface area contributed by atoms with Gasteiger partial charge in [0.15, 0.2) is 11.8 Å². The standard InChI is InChI=1S/C33H44N4O6S2/c1-17(2)37-19(4)33(7,8)23-14-21(25(16-27(23)37)36(10)45(12,42)43)29-30(38)28(31(29)39)20-13-22-26(15-24(20)34-44(11,40)41)35(9)18(3)32(22,5)6/h13-19H,1-12H3,(H,38,39). The first-order valence-corrected chi connectivity index (χ1v) is 18.8. The van der Waals surface area contributed by atoms with E-state index >= 15 is 0 Å². The minimum absolute atomic E-state index is 0.0685. The number of nitrogens with zero attached hydrogens (tertiary/aromatic N) is 3. The molecule has 5 rings (SSSR count). The molecule has 45 heavy (non-hydrogen) atoms. The van der Waals surface area contributed by atoms with Crippen LogP contribution in [0.15, 0.2) is 30.0 Å². The largest absolute Gasteiger partial charge is 0.871 e. The molecular weight excluding hydrogens is 613 g/mol. The van der Waals surface area contributed by atoms with Gasteiger partial charge in [-0.2, -0.15) is 0 Å². The van der Waals surface area contributed by atoms with E-state index in [4.69, 9.17) is 0 Å². The molecule has 2 aromatic rings. The molecule has 3 aliphatic rings. The average molecular weight is 657 g/mol. The van der Waals surface area contributed by atoms with Gasteiger partial charge in [-0.1, -0.05) is 19.6 Å². The van der Waals surface area contributed by atoms with Crippen molar-refractivity contribution in [2.45, 2.75) is 84.3 Å². The highest BCUT2D eigenvalue weighted by Gasteiger charge is 2.46. The van der Waals surface area contributed by atoms with Crippen LogP contribution in [0.1, 0.15) is 72.1 Å². The van der Waals surface area contributed by atoms with Gasteiger partial charge in [-0.3, -0.25) is 13.8 Å². The van der Waals surface area contributed by atoms with Crippen LogP contribution in [0.3, 0.4) is 0 Å². The molecule has 0 bridgehead atoms. The molecule has 12 heteroatoms. The minimum atomic E-state index is -3.76. The van der Waals surface area contributed by atoms with Gasteiger partial charge in [0.1, 0.15) is 6.04 Å². The number of hydrogen-bond donors (Lipinski definition) is 1. The maximum Gasteiger partial charge on any atom is 0.232 e. The maximum absolute atomic E-state index is 14.1. The molecule has 0 aromatic heterocycles. The van der Waals surface area contributed by atoms with Gasteiger partial charge >= 0.3 is 0 Å². The van der Waals surface area contributed by atoms with Crippen LogP contribution in [-0.4, -0.2) is 67.4 Å². The van der Waals surface area contributed by atoms with E-state index in [2.05, 4.69) is 69.6 Å². The predicted molar refractivity (Wildman–Crippen MR) is 179 cm³/mol. The van der Waals surface area contributed by atoms with Crippen molar-refractivity contribution in [1.29, 1.82) is 0 Å². The van der Waals surface area contributed by atoms with E-state index in [-0.39, 0.29) is 62.3 Å². The van der Waals surface area contributed by atoms with Crippen molar-refractivity contribution in [1.82, 2.24) is 4.58 Å². The molecule has 0 amide bonds. The monoisotopic (exact) mass is 656 g/mol. The highest BCUT2D eigenvalue weighted by Crippen LogP contribution is 2.49. The van der Waals surface area contributed by atoms with Crippen molar-refractivity contribution in [3.8, 4) is 0 Å². The lowest BCUT2D eigenvalue weighted by molar-refractivity contribution is -0.292. The zero-order valence-electron chi connectivity index (χ0n) is 28.1. The predicted octanol–water partition coefficient (Wildman–Crippen LogP) is 1.65. The van der Waals surface area contributed by atoms with Crippen LogP contribution in [0.4, 0.5) is 17.1 Å². The summed E-state index contributed by atoms with van der Waals surface area (Å²) in [5.41, 5.74) is 2.29. The number of Topliss-reactive ketones (excluding diaryl/α,β-unsaturated/α-hetero) is 1. The lowest BCUT2D eigenvalue weighted by Crippen LogP contribution is -2.42. The quantitative estimate of drug-likeness (QED) is 0.469. The number of carbonyl (C=O) groups excluding carboxylic acids is 1. The van der Waals surface area contributed by atoms with E-state index < -0.39 is 31.6 Å². The Bertz CT molecular complexity index is 2060. The van der Waals surface area contributed by atoms with Crippen LogP contribution in [0.5, 0.6) is 0 Å². The molecule has 0 saturated carbocycles. The van der Waals surface area contributed by atoms with Gasteiger partial charge in [-0.25, -0.2) is 21.4 Å². The van der Waals surface area contributed by atoms with Gasteiger partial charge in [0.05, 0.1) is 29.3 Å². The fraction of sp³-hybridized carbons (Fsp3) is 0.515. The Morgan fingerprint density at radius 3 is 2.07 bits per heavy atom. The first kappa shape index (κ1) is 33.0. The van der Waals surface area contributed by atoms with E-state index in [0.29, 0.717) is 0 Å². The number of likely N-dealkylation sites (N-methyl/N-ethyl adjacent to an activating group) is 1. The number of rotatable bonds is 6. The van der Waals surface area contributed by atoms with Gasteiger partial charge in [-0.05, 0) is 65.3 Å². The number of fused-ring (bicyclic) bond motifs is 2. The van der Waals surface area contributed by atoms with Gasteiger partial charge in [0, 0.05) is 64.8 Å². The summed E-state index contributed by atoms with van der Waals surface area (Å²) in [4.78, 5) is 16.2. The summed E-state index contributed by atoms with van der Waals surface area (Å²) < 4.78 is 56.3. The van der Waals surface area contributed by atoms with Gasteiger partial charge in [0.2, 0.25) is 25.4 Å². The number of benzene rings is 2. The summed E-state index contributed by atoms with van der Waals surface area (Å²) in [6.45, 7) is 16.7. The number of sulfonamides is 2. The van der Waals surface area contributed by atoms with E-state index in [9.17, 15) is 26.7 Å². The number of hydrogen-bond acceptors (Lipinski definition) is 7. The van der Waals surface area contributed by atoms with Crippen LogP contribution in [0.25, 0.3) is 11.1 Å². The summed E-state index contributed by atoms with van der Waals surface area (Å²) >= 11 is 0. The molecule has 0 radical (unpaired) electrons. The van der Waals surface area contributed by atoms with Gasteiger partial charge in [0.25, 0.3) is 0 Å². The van der Waals surface area contributed by atoms with Crippen LogP contribution in [0.2, 0.25) is 0 Å². The average Bonchev–Trinajstić information content (AvgIpc) is 3.19. The number of ketones is 1. The topological polar surface area (TPSA) is 130 Å². The number of carbonyl (C=O) groups is 1. The molecule has 2 aliphatic heterocycles. The SMILES string of the molecule is CC(C)[N+]1=c2cc(N(C)S(C)(=O)=O)/c(=C3/C(=O)C(c4cc5c(cc4NS(C)(=O)=O)N(C)C(C)C5(C)C)=C3[O-])cc2C(C)(C)C1C. The Morgan fingerprint density at radius 1 is 0.956 bits per heavy atom. The highest BCUT2D eigenvalue weighted by molar-refractivity contribution is 7.92. The molecule has 2 heterocycles. The normalized spacial score (nSPS) is 23.4. The van der Waals surface area contributed by atoms with Crippen molar-refractivity contribution in [2.75, 3.05) is 40.5 Å². The second-order valence-corrected chi connectivity index (χ2v) is 18.0. The van der Waals surface area contributed by atoms with E-state index in [1.165, 1.54) is 7.05 Å². The molecule has 2 aromatic carbocycles. The fourth-order valence-electron chi connectivity index (χ4n) is 7.14. The Morgan fingerprint density at radius 2 is 1.56 bits per heavy atom. The minimum Gasteiger partial charge on any atom is -0.871 e. The fourth-order valence-corrected chi connectivity index (χ4v) is 8.22. The van der Waals surface area contributed by atoms with E-state index in [1.54, 1.807) is 24.3 Å². The maximum atomic E-state index is 14.1. The first-order chi connectivity index (χ1) is 20.4. The number of allylic oxidation sites excluding steroid dienone is 2. The Labute approximate surface area is 266 Å². The molecular formula is C33H44N4O6S2. The highest BCUT2D eigenvalue weighted by atomic mass is 32.2. The Balaban J connectivity index is 1.87. The third-order valence-corrected chi connectivity index (χ3v) is 12.3. The first-order valence-electron chi connectivity index (χ1n) is 15.1. The van der Waals surface area contributed by atoms with Crippen molar-refractivity contribution in [3.05, 3.63) is 57.3 Å².